The molecule has 1 aliphatic heterocycles. The second-order valence-electron chi connectivity index (χ2n) is 2.20. The van der Waals surface area contributed by atoms with E-state index in [4.69, 9.17) is 10.3 Å². The zero-order valence-corrected chi connectivity index (χ0v) is 5.97. The number of hydrogen-bond acceptors (Lipinski definition) is 3. The van der Waals surface area contributed by atoms with Crippen LogP contribution in [0.2, 0.25) is 0 Å². The van der Waals surface area contributed by atoms with Gasteiger partial charge < -0.3 is 4.74 Å². The molecule has 0 aromatic rings. The average Bonchev–Trinajstić information content (AvgIpc) is 1.97. The fourth-order valence-corrected chi connectivity index (χ4v) is 0.841. The number of carbonyl (C=O) groups excluding carboxylic acids is 1. The molecule has 0 aliphatic carbocycles. The molecule has 0 radical (unpaired) electrons. The Hall–Kier alpha value is -1.48. The third-order valence-corrected chi connectivity index (χ3v) is 1.44. The summed E-state index contributed by atoms with van der Waals surface area (Å²) in [5.41, 5.74) is 8.08. The summed E-state index contributed by atoms with van der Waals surface area (Å²) in [5.74, 6) is -0.207. The lowest BCUT2D eigenvalue weighted by atomic mass is 10.1. The summed E-state index contributed by atoms with van der Waals surface area (Å²) in [7, 11) is 0. The van der Waals surface area contributed by atoms with Gasteiger partial charge in [0.25, 0.3) is 0 Å². The third kappa shape index (κ3) is 1.50. The molecule has 0 bridgehead atoms. The predicted octanol–water partition coefficient (Wildman–Crippen LogP) is 1.17. The van der Waals surface area contributed by atoms with Gasteiger partial charge in [0, 0.05) is 11.0 Å². The summed E-state index contributed by atoms with van der Waals surface area (Å²) in [6, 6.07) is -0.704. The van der Waals surface area contributed by atoms with Crippen molar-refractivity contribution in [1.82, 2.24) is 0 Å². The maximum atomic E-state index is 11.0. The van der Waals surface area contributed by atoms with Gasteiger partial charge in [-0.25, -0.2) is 0 Å². The molecule has 0 fully saturated rings. The summed E-state index contributed by atoms with van der Waals surface area (Å²) in [6.45, 7) is 1.68. The number of carbonyl (C=O) groups is 1. The van der Waals surface area contributed by atoms with Crippen molar-refractivity contribution < 1.29 is 9.53 Å². The minimum absolute atomic E-state index is 0.207. The summed E-state index contributed by atoms with van der Waals surface area (Å²) in [5, 5.41) is 3.30. The fourth-order valence-electron chi connectivity index (χ4n) is 0.841. The largest absolute Gasteiger partial charge is 0.497 e. The van der Waals surface area contributed by atoms with Crippen LogP contribution in [0.1, 0.15) is 6.92 Å². The molecule has 0 amide bonds. The van der Waals surface area contributed by atoms with Gasteiger partial charge in [-0.05, 0) is 12.5 Å². The number of nitrogens with zero attached hydrogens (tertiary/aromatic N) is 3. The van der Waals surface area contributed by atoms with Crippen molar-refractivity contribution in [3.05, 3.63) is 22.8 Å². The molecule has 1 rings (SSSR count). The number of hydrogen-bond donors (Lipinski definition) is 0. The molecule has 0 saturated heterocycles. The van der Waals surface area contributed by atoms with Gasteiger partial charge in [0.15, 0.2) is 5.78 Å². The van der Waals surface area contributed by atoms with Crippen LogP contribution in [0.25, 0.3) is 10.4 Å². The van der Waals surface area contributed by atoms with Gasteiger partial charge in [-0.3, -0.25) is 4.79 Å². The van der Waals surface area contributed by atoms with Crippen molar-refractivity contribution >= 4 is 5.78 Å². The Morgan fingerprint density at radius 3 is 3.09 bits per heavy atom. The first kappa shape index (κ1) is 7.63. The monoisotopic (exact) mass is 153 g/mol. The first-order valence-corrected chi connectivity index (χ1v) is 3.16. The third-order valence-electron chi connectivity index (χ3n) is 1.44. The van der Waals surface area contributed by atoms with Crippen molar-refractivity contribution in [2.45, 2.75) is 19.1 Å². The zero-order chi connectivity index (χ0) is 8.27. The quantitative estimate of drug-likeness (QED) is 0.322. The molecule has 2 atom stereocenters. The van der Waals surface area contributed by atoms with Crippen LogP contribution in [-0.2, 0) is 9.53 Å². The highest BCUT2D eigenvalue weighted by atomic mass is 16.5. The van der Waals surface area contributed by atoms with E-state index in [2.05, 4.69) is 10.0 Å². The lowest BCUT2D eigenvalue weighted by Gasteiger charge is -2.19. The second kappa shape index (κ2) is 3.07. The van der Waals surface area contributed by atoms with Gasteiger partial charge in [-0.1, -0.05) is 5.11 Å². The summed E-state index contributed by atoms with van der Waals surface area (Å²) in [6.07, 6.45) is 2.22. The Kier molecular flexibility index (Phi) is 2.13. The van der Waals surface area contributed by atoms with Crippen LogP contribution in [0.5, 0.6) is 0 Å². The van der Waals surface area contributed by atoms with E-state index in [-0.39, 0.29) is 11.9 Å². The van der Waals surface area contributed by atoms with Crippen LogP contribution in [0.15, 0.2) is 17.5 Å². The molecule has 1 aliphatic rings. The van der Waals surface area contributed by atoms with Crippen LogP contribution < -0.4 is 0 Å². The number of ether oxygens (including phenoxy) is 1. The Morgan fingerprint density at radius 1 is 1.82 bits per heavy atom. The van der Waals surface area contributed by atoms with E-state index in [9.17, 15) is 4.79 Å². The smallest absolute Gasteiger partial charge is 0.171 e. The molecule has 5 heteroatoms. The zero-order valence-electron chi connectivity index (χ0n) is 5.97. The van der Waals surface area contributed by atoms with Gasteiger partial charge >= 0.3 is 0 Å². The van der Waals surface area contributed by atoms with Crippen LogP contribution in [0.4, 0.5) is 0 Å². The van der Waals surface area contributed by atoms with E-state index in [1.807, 2.05) is 0 Å². The molecule has 0 spiro atoms. The summed E-state index contributed by atoms with van der Waals surface area (Å²) in [4.78, 5) is 13.5. The molecular weight excluding hydrogens is 146 g/mol. The number of rotatable bonds is 1. The highest BCUT2D eigenvalue weighted by Gasteiger charge is 2.25. The number of ketones is 1. The molecule has 5 nitrogen and oxygen atoms in total. The highest BCUT2D eigenvalue weighted by molar-refractivity contribution is 5.95. The van der Waals surface area contributed by atoms with E-state index < -0.39 is 6.04 Å². The van der Waals surface area contributed by atoms with Gasteiger partial charge in [0.05, 0.1) is 6.26 Å². The van der Waals surface area contributed by atoms with Crippen molar-refractivity contribution in [3.63, 3.8) is 0 Å². The predicted molar refractivity (Wildman–Crippen MR) is 37.6 cm³/mol. The summed E-state index contributed by atoms with van der Waals surface area (Å²) >= 11 is 0. The molecule has 0 unspecified atom stereocenters. The Morgan fingerprint density at radius 2 is 2.55 bits per heavy atom. The molecule has 0 saturated carbocycles. The molecule has 0 aromatic heterocycles. The van der Waals surface area contributed by atoms with Gasteiger partial charge in [-0.15, -0.1) is 0 Å². The van der Waals surface area contributed by atoms with Crippen molar-refractivity contribution in [1.29, 1.82) is 0 Å². The van der Waals surface area contributed by atoms with Gasteiger partial charge in [0.2, 0.25) is 0 Å². The van der Waals surface area contributed by atoms with Crippen molar-refractivity contribution in [2.75, 3.05) is 0 Å². The van der Waals surface area contributed by atoms with Crippen LogP contribution in [0, 0.1) is 0 Å². The van der Waals surface area contributed by atoms with Gasteiger partial charge in [0.1, 0.15) is 12.1 Å². The van der Waals surface area contributed by atoms with Crippen LogP contribution >= 0.6 is 0 Å². The molecule has 1 heterocycles. The summed E-state index contributed by atoms with van der Waals surface area (Å²) < 4.78 is 4.95. The SMILES string of the molecule is C[C@H]1OC=CC(=O)[C@H]1N=[N+]=[N-]. The maximum absolute atomic E-state index is 11.0. The fraction of sp³-hybridized carbons (Fsp3) is 0.500. The molecule has 58 valence electrons. The average molecular weight is 153 g/mol. The molecule has 0 N–H and O–H groups in total. The van der Waals surface area contributed by atoms with Gasteiger partial charge in [-0.2, -0.15) is 0 Å². The normalized spacial score (nSPS) is 29.0. The Bertz CT molecular complexity index is 242. The van der Waals surface area contributed by atoms with Crippen molar-refractivity contribution in [2.24, 2.45) is 5.11 Å². The molecule has 11 heavy (non-hydrogen) atoms. The van der Waals surface area contributed by atoms with Crippen molar-refractivity contribution in [3.8, 4) is 0 Å². The minimum atomic E-state index is -0.704. The van der Waals surface area contributed by atoms with E-state index >= 15 is 0 Å². The maximum Gasteiger partial charge on any atom is 0.171 e. The Balaban J connectivity index is 2.82. The van der Waals surface area contributed by atoms with E-state index in [1.54, 1.807) is 6.92 Å². The lowest BCUT2D eigenvalue weighted by molar-refractivity contribution is -0.119. The topological polar surface area (TPSA) is 75.1 Å². The standard InChI is InChI=1S/C6H7N3O2/c1-4-6(8-9-7)5(10)2-3-11-4/h2-4,6H,1H3/t4-,6+/m1/s1. The first-order chi connectivity index (χ1) is 5.25. The second-order valence-corrected chi connectivity index (χ2v) is 2.20. The minimum Gasteiger partial charge on any atom is -0.497 e. The molecule has 0 aromatic carbocycles. The van der Waals surface area contributed by atoms with Crippen LogP contribution in [-0.4, -0.2) is 17.9 Å². The first-order valence-electron chi connectivity index (χ1n) is 3.16. The highest BCUT2D eigenvalue weighted by Crippen LogP contribution is 2.11. The molecular formula is C6H7N3O2. The van der Waals surface area contributed by atoms with Crippen LogP contribution in [0.3, 0.4) is 0 Å². The number of azide groups is 1. The van der Waals surface area contributed by atoms with E-state index in [0.29, 0.717) is 0 Å². The lowest BCUT2D eigenvalue weighted by Crippen LogP contribution is -2.32. The Labute approximate surface area is 63.3 Å². The van der Waals surface area contributed by atoms with E-state index in [0.717, 1.165) is 0 Å². The van der Waals surface area contributed by atoms with E-state index in [1.165, 1.54) is 12.3 Å².